The van der Waals surface area contributed by atoms with Crippen LogP contribution in [0.25, 0.3) is 0 Å². The second kappa shape index (κ2) is 3.46. The molecule has 1 aliphatic rings. The molecule has 0 N–H and O–H groups in total. The Labute approximate surface area is 88.1 Å². The van der Waals surface area contributed by atoms with E-state index in [2.05, 4.69) is 34.6 Å². The summed E-state index contributed by atoms with van der Waals surface area (Å²) >= 11 is 6.21. The van der Waals surface area contributed by atoms with Crippen molar-refractivity contribution in [2.24, 2.45) is 16.7 Å². The Kier molecular flexibility index (Phi) is 3.02. The average molecular weight is 203 g/mol. The molecule has 0 bridgehead atoms. The minimum atomic E-state index is 0.332. The molecule has 1 heteroatoms. The van der Waals surface area contributed by atoms with Gasteiger partial charge in [-0.15, -0.1) is 11.6 Å². The van der Waals surface area contributed by atoms with Crippen LogP contribution in [0.1, 0.15) is 53.9 Å². The molecule has 78 valence electrons. The highest BCUT2D eigenvalue weighted by atomic mass is 35.5. The highest BCUT2D eigenvalue weighted by molar-refractivity contribution is 6.20. The second-order valence-electron chi connectivity index (χ2n) is 6.35. The van der Waals surface area contributed by atoms with Crippen molar-refractivity contribution in [3.63, 3.8) is 0 Å². The van der Waals surface area contributed by atoms with Gasteiger partial charge in [-0.3, -0.25) is 0 Å². The molecule has 1 fully saturated rings. The van der Waals surface area contributed by atoms with Crippen LogP contribution in [-0.2, 0) is 0 Å². The molecule has 1 unspecified atom stereocenters. The van der Waals surface area contributed by atoms with Crippen LogP contribution in [0.2, 0.25) is 0 Å². The molecule has 0 nitrogen and oxygen atoms in total. The quantitative estimate of drug-likeness (QED) is 0.551. The molecular weight excluding hydrogens is 180 g/mol. The van der Waals surface area contributed by atoms with Gasteiger partial charge in [0.05, 0.1) is 0 Å². The van der Waals surface area contributed by atoms with E-state index >= 15 is 0 Å². The van der Waals surface area contributed by atoms with Crippen molar-refractivity contribution in [3.8, 4) is 0 Å². The molecule has 0 heterocycles. The Morgan fingerprint density at radius 2 is 1.46 bits per heavy atom. The maximum atomic E-state index is 6.21. The van der Waals surface area contributed by atoms with Crippen molar-refractivity contribution in [2.45, 2.75) is 59.3 Å². The standard InChI is InChI=1S/C12H23Cl/c1-9(13)10-6-11(2,3)8-12(4,5)7-10/h9-10H,6-8H2,1-5H3. The first-order chi connectivity index (χ1) is 5.72. The summed E-state index contributed by atoms with van der Waals surface area (Å²) < 4.78 is 0. The maximum Gasteiger partial charge on any atom is 0.0336 e. The third-order valence-electron chi connectivity index (χ3n) is 3.24. The van der Waals surface area contributed by atoms with Crippen molar-refractivity contribution < 1.29 is 0 Å². The average Bonchev–Trinajstić information content (AvgIpc) is 1.79. The molecule has 0 aliphatic heterocycles. The van der Waals surface area contributed by atoms with E-state index in [-0.39, 0.29) is 0 Å². The smallest absolute Gasteiger partial charge is 0.0336 e. The minimum Gasteiger partial charge on any atom is -0.123 e. The van der Waals surface area contributed by atoms with Gasteiger partial charge in [0.2, 0.25) is 0 Å². The third kappa shape index (κ3) is 3.16. The lowest BCUT2D eigenvalue weighted by molar-refractivity contribution is 0.0675. The number of hydrogen-bond donors (Lipinski definition) is 0. The van der Waals surface area contributed by atoms with Gasteiger partial charge in [0.25, 0.3) is 0 Å². The van der Waals surface area contributed by atoms with Crippen LogP contribution < -0.4 is 0 Å². The summed E-state index contributed by atoms with van der Waals surface area (Å²) in [6, 6.07) is 0. The van der Waals surface area contributed by atoms with Crippen molar-refractivity contribution in [1.29, 1.82) is 0 Å². The fraction of sp³-hybridized carbons (Fsp3) is 1.00. The van der Waals surface area contributed by atoms with Gasteiger partial charge >= 0.3 is 0 Å². The molecular formula is C12H23Cl. The molecule has 0 radical (unpaired) electrons. The lowest BCUT2D eigenvalue weighted by atomic mass is 9.61. The molecule has 0 aromatic rings. The molecule has 1 saturated carbocycles. The number of halogens is 1. The summed E-state index contributed by atoms with van der Waals surface area (Å²) in [7, 11) is 0. The van der Waals surface area contributed by atoms with Crippen LogP contribution in [0.4, 0.5) is 0 Å². The zero-order valence-corrected chi connectivity index (χ0v) is 10.4. The fourth-order valence-corrected chi connectivity index (χ4v) is 3.43. The van der Waals surface area contributed by atoms with Gasteiger partial charge in [0.1, 0.15) is 0 Å². The highest BCUT2D eigenvalue weighted by Gasteiger charge is 2.39. The van der Waals surface area contributed by atoms with E-state index in [1.165, 1.54) is 19.3 Å². The molecule has 1 atom stereocenters. The van der Waals surface area contributed by atoms with Gasteiger partial charge < -0.3 is 0 Å². The van der Waals surface area contributed by atoms with E-state index in [1.807, 2.05) is 0 Å². The van der Waals surface area contributed by atoms with Crippen LogP contribution in [0.15, 0.2) is 0 Å². The Balaban J connectivity index is 2.72. The lowest BCUT2D eigenvalue weighted by Crippen LogP contribution is -2.36. The third-order valence-corrected chi connectivity index (χ3v) is 3.59. The Bertz CT molecular complexity index is 164. The summed E-state index contributed by atoms with van der Waals surface area (Å²) in [5.41, 5.74) is 0.963. The van der Waals surface area contributed by atoms with E-state index in [9.17, 15) is 0 Å². The molecule has 1 rings (SSSR count). The van der Waals surface area contributed by atoms with E-state index < -0.39 is 0 Å². The summed E-state index contributed by atoms with van der Waals surface area (Å²) in [6.45, 7) is 11.6. The highest BCUT2D eigenvalue weighted by Crippen LogP contribution is 2.49. The van der Waals surface area contributed by atoms with Crippen molar-refractivity contribution >= 4 is 11.6 Å². The zero-order valence-electron chi connectivity index (χ0n) is 9.65. The van der Waals surface area contributed by atoms with Gasteiger partial charge in [0, 0.05) is 5.38 Å². The molecule has 0 aromatic heterocycles. The fourth-order valence-electron chi connectivity index (χ4n) is 3.26. The van der Waals surface area contributed by atoms with Crippen molar-refractivity contribution in [3.05, 3.63) is 0 Å². The Hall–Kier alpha value is 0.290. The topological polar surface area (TPSA) is 0 Å². The predicted molar refractivity (Wildman–Crippen MR) is 60.2 cm³/mol. The molecule has 0 saturated heterocycles. The number of hydrogen-bond acceptors (Lipinski definition) is 0. The molecule has 0 amide bonds. The SMILES string of the molecule is CC(Cl)C1CC(C)(C)CC(C)(C)C1. The first-order valence-electron chi connectivity index (χ1n) is 5.36. The largest absolute Gasteiger partial charge is 0.123 e. The van der Waals surface area contributed by atoms with Crippen molar-refractivity contribution in [2.75, 3.05) is 0 Å². The van der Waals surface area contributed by atoms with Gasteiger partial charge in [0.15, 0.2) is 0 Å². The van der Waals surface area contributed by atoms with E-state index in [0.717, 1.165) is 0 Å². The summed E-state index contributed by atoms with van der Waals surface area (Å²) in [4.78, 5) is 0. The summed E-state index contributed by atoms with van der Waals surface area (Å²) in [5.74, 6) is 0.709. The van der Waals surface area contributed by atoms with E-state index in [4.69, 9.17) is 11.6 Å². The van der Waals surface area contributed by atoms with Gasteiger partial charge in [-0.1, -0.05) is 27.7 Å². The van der Waals surface area contributed by atoms with E-state index in [1.54, 1.807) is 0 Å². The van der Waals surface area contributed by atoms with Gasteiger partial charge in [-0.2, -0.15) is 0 Å². The number of alkyl halides is 1. The van der Waals surface area contributed by atoms with Crippen LogP contribution in [0.3, 0.4) is 0 Å². The van der Waals surface area contributed by atoms with Gasteiger partial charge in [-0.05, 0) is 42.9 Å². The Morgan fingerprint density at radius 1 is 1.08 bits per heavy atom. The monoisotopic (exact) mass is 202 g/mol. The number of rotatable bonds is 1. The summed E-state index contributed by atoms with van der Waals surface area (Å²) in [5, 5.41) is 0.332. The first kappa shape index (κ1) is 11.4. The molecule has 1 aliphatic carbocycles. The molecule has 0 aromatic carbocycles. The van der Waals surface area contributed by atoms with Gasteiger partial charge in [-0.25, -0.2) is 0 Å². The normalized spacial score (nSPS) is 30.0. The summed E-state index contributed by atoms with van der Waals surface area (Å²) in [6.07, 6.45) is 3.92. The maximum absolute atomic E-state index is 6.21. The van der Waals surface area contributed by atoms with Crippen LogP contribution in [0.5, 0.6) is 0 Å². The van der Waals surface area contributed by atoms with Crippen LogP contribution in [-0.4, -0.2) is 5.38 Å². The minimum absolute atomic E-state index is 0.332. The first-order valence-corrected chi connectivity index (χ1v) is 5.80. The molecule has 13 heavy (non-hydrogen) atoms. The predicted octanol–water partition coefficient (Wildman–Crippen LogP) is 4.47. The Morgan fingerprint density at radius 3 is 1.77 bits per heavy atom. The van der Waals surface area contributed by atoms with Crippen LogP contribution >= 0.6 is 11.6 Å². The lowest BCUT2D eigenvalue weighted by Gasteiger charge is -2.46. The van der Waals surface area contributed by atoms with Crippen molar-refractivity contribution in [1.82, 2.24) is 0 Å². The zero-order chi connectivity index (χ0) is 10.3. The molecule has 0 spiro atoms. The second-order valence-corrected chi connectivity index (χ2v) is 7.04. The van der Waals surface area contributed by atoms with Crippen LogP contribution in [0, 0.1) is 16.7 Å². The van der Waals surface area contributed by atoms with E-state index in [0.29, 0.717) is 22.1 Å².